The molecule has 0 saturated heterocycles. The van der Waals surface area contributed by atoms with Crippen molar-refractivity contribution in [2.75, 3.05) is 11.9 Å². The minimum atomic E-state index is 0.545. The topological polar surface area (TPSA) is 59.9 Å². The summed E-state index contributed by atoms with van der Waals surface area (Å²) in [6, 6.07) is 3.65. The van der Waals surface area contributed by atoms with E-state index >= 15 is 0 Å². The highest BCUT2D eigenvalue weighted by atomic mass is 16.5. The molecule has 2 rings (SSSR count). The largest absolute Gasteiger partial charge is 0.437 e. The Bertz CT molecular complexity index is 487. The number of pyridine rings is 1. The minimum Gasteiger partial charge on any atom is -0.437 e. The third-order valence-electron chi connectivity index (χ3n) is 2.23. The molecular formula is C12H14N4O. The van der Waals surface area contributed by atoms with Crippen LogP contribution in [0.15, 0.2) is 30.9 Å². The van der Waals surface area contributed by atoms with Crippen LogP contribution >= 0.6 is 0 Å². The highest BCUT2D eigenvalue weighted by Gasteiger charge is 2.08. The Labute approximate surface area is 99.9 Å². The first kappa shape index (κ1) is 11.3. The first-order valence-corrected chi connectivity index (χ1v) is 5.44. The van der Waals surface area contributed by atoms with Gasteiger partial charge < -0.3 is 10.1 Å². The molecule has 0 aliphatic heterocycles. The number of aromatic nitrogens is 3. The molecule has 0 amide bonds. The van der Waals surface area contributed by atoms with E-state index in [4.69, 9.17) is 4.74 Å². The fraction of sp³-hybridized carbons (Fsp3) is 0.250. The molecule has 17 heavy (non-hydrogen) atoms. The second-order valence-corrected chi connectivity index (χ2v) is 3.47. The molecule has 2 aromatic rings. The summed E-state index contributed by atoms with van der Waals surface area (Å²) in [7, 11) is 0. The maximum absolute atomic E-state index is 5.64. The molecule has 5 nitrogen and oxygen atoms in total. The molecule has 0 aliphatic carbocycles. The molecule has 0 atom stereocenters. The molecule has 0 fully saturated rings. The van der Waals surface area contributed by atoms with E-state index in [0.717, 1.165) is 17.9 Å². The van der Waals surface area contributed by atoms with Crippen molar-refractivity contribution in [1.82, 2.24) is 15.0 Å². The molecule has 88 valence electrons. The lowest BCUT2D eigenvalue weighted by Gasteiger charge is -2.10. The Morgan fingerprint density at radius 3 is 2.94 bits per heavy atom. The quantitative estimate of drug-likeness (QED) is 0.873. The average molecular weight is 230 g/mol. The summed E-state index contributed by atoms with van der Waals surface area (Å²) in [5.41, 5.74) is 0.887. The third-order valence-corrected chi connectivity index (χ3v) is 2.23. The summed E-state index contributed by atoms with van der Waals surface area (Å²) in [5.74, 6) is 2.00. The Hall–Kier alpha value is -2.17. The van der Waals surface area contributed by atoms with Gasteiger partial charge in [0.2, 0.25) is 5.88 Å². The zero-order chi connectivity index (χ0) is 12.1. The number of nitrogens with zero attached hydrogens (tertiary/aromatic N) is 3. The highest BCUT2D eigenvalue weighted by Crippen LogP contribution is 2.24. The lowest BCUT2D eigenvalue weighted by Crippen LogP contribution is -2.03. The summed E-state index contributed by atoms with van der Waals surface area (Å²) in [6.07, 6.45) is 4.83. The van der Waals surface area contributed by atoms with Crippen LogP contribution < -0.4 is 10.1 Å². The molecule has 0 spiro atoms. The van der Waals surface area contributed by atoms with Crippen LogP contribution in [0.3, 0.4) is 0 Å². The van der Waals surface area contributed by atoms with E-state index in [-0.39, 0.29) is 0 Å². The second-order valence-electron chi connectivity index (χ2n) is 3.47. The van der Waals surface area contributed by atoms with Crippen molar-refractivity contribution in [2.24, 2.45) is 0 Å². The molecule has 0 bridgehead atoms. The van der Waals surface area contributed by atoms with Crippen molar-refractivity contribution in [3.63, 3.8) is 0 Å². The van der Waals surface area contributed by atoms with Gasteiger partial charge in [-0.3, -0.25) is 4.98 Å². The van der Waals surface area contributed by atoms with Gasteiger partial charge in [-0.15, -0.1) is 0 Å². The summed E-state index contributed by atoms with van der Waals surface area (Å²) in [6.45, 7) is 4.75. The van der Waals surface area contributed by atoms with E-state index in [1.54, 1.807) is 12.4 Å². The predicted octanol–water partition coefficient (Wildman–Crippen LogP) is 2.40. The Morgan fingerprint density at radius 1 is 1.35 bits per heavy atom. The van der Waals surface area contributed by atoms with Crippen molar-refractivity contribution in [3.05, 3.63) is 36.4 Å². The first-order valence-electron chi connectivity index (χ1n) is 5.44. The molecule has 0 aliphatic rings. The maximum Gasteiger partial charge on any atom is 0.227 e. The summed E-state index contributed by atoms with van der Waals surface area (Å²) < 4.78 is 5.64. The van der Waals surface area contributed by atoms with Crippen LogP contribution in [0.5, 0.6) is 11.6 Å². The normalized spacial score (nSPS) is 10.0. The van der Waals surface area contributed by atoms with E-state index in [2.05, 4.69) is 20.3 Å². The van der Waals surface area contributed by atoms with Gasteiger partial charge in [0.15, 0.2) is 0 Å². The van der Waals surface area contributed by atoms with Crippen molar-refractivity contribution < 1.29 is 4.74 Å². The van der Waals surface area contributed by atoms with Crippen LogP contribution in [0.4, 0.5) is 5.82 Å². The van der Waals surface area contributed by atoms with Crippen LogP contribution in [0, 0.1) is 6.92 Å². The number of ether oxygens (including phenoxy) is 1. The summed E-state index contributed by atoms with van der Waals surface area (Å²) in [5, 5.41) is 3.16. The molecule has 5 heteroatoms. The van der Waals surface area contributed by atoms with E-state index in [1.807, 2.05) is 26.0 Å². The van der Waals surface area contributed by atoms with E-state index < -0.39 is 0 Å². The van der Waals surface area contributed by atoms with E-state index in [1.165, 1.54) is 6.33 Å². The second kappa shape index (κ2) is 5.25. The van der Waals surface area contributed by atoms with Gasteiger partial charge in [-0.2, -0.15) is 0 Å². The zero-order valence-corrected chi connectivity index (χ0v) is 9.84. The van der Waals surface area contributed by atoms with Crippen molar-refractivity contribution in [2.45, 2.75) is 13.8 Å². The van der Waals surface area contributed by atoms with Gasteiger partial charge in [-0.1, -0.05) is 0 Å². The smallest absolute Gasteiger partial charge is 0.227 e. The molecule has 0 aromatic carbocycles. The fourth-order valence-electron chi connectivity index (χ4n) is 1.40. The Morgan fingerprint density at radius 2 is 2.24 bits per heavy atom. The van der Waals surface area contributed by atoms with Crippen molar-refractivity contribution in [1.29, 1.82) is 0 Å². The number of rotatable bonds is 4. The Kier molecular flexibility index (Phi) is 3.49. The van der Waals surface area contributed by atoms with Gasteiger partial charge >= 0.3 is 0 Å². The fourth-order valence-corrected chi connectivity index (χ4v) is 1.40. The average Bonchev–Trinajstić information content (AvgIpc) is 2.36. The Balaban J connectivity index is 2.24. The number of hydrogen-bond donors (Lipinski definition) is 1. The van der Waals surface area contributed by atoms with Gasteiger partial charge in [0.25, 0.3) is 0 Å². The monoisotopic (exact) mass is 230 g/mol. The molecule has 1 N–H and O–H groups in total. The maximum atomic E-state index is 5.64. The standard InChI is InChI=1S/C12H14N4O/c1-3-14-11-9(2)12(16-8-15-11)17-10-5-4-6-13-7-10/h4-8H,3H2,1-2H3,(H,14,15,16). The van der Waals surface area contributed by atoms with Crippen molar-refractivity contribution >= 4 is 5.82 Å². The van der Waals surface area contributed by atoms with Crippen LogP contribution in [0.2, 0.25) is 0 Å². The SMILES string of the molecule is CCNc1ncnc(Oc2cccnc2)c1C. The molecule has 2 heterocycles. The van der Waals surface area contributed by atoms with Gasteiger partial charge in [0.05, 0.1) is 11.8 Å². The molecule has 0 saturated carbocycles. The van der Waals surface area contributed by atoms with Crippen LogP contribution in [0.25, 0.3) is 0 Å². The molecular weight excluding hydrogens is 216 g/mol. The lowest BCUT2D eigenvalue weighted by atomic mass is 10.3. The molecule has 2 aromatic heterocycles. The molecule has 0 unspecified atom stereocenters. The van der Waals surface area contributed by atoms with Gasteiger partial charge in [-0.05, 0) is 26.0 Å². The van der Waals surface area contributed by atoms with Crippen LogP contribution in [-0.2, 0) is 0 Å². The van der Waals surface area contributed by atoms with Gasteiger partial charge in [-0.25, -0.2) is 9.97 Å². The minimum absolute atomic E-state index is 0.545. The lowest BCUT2D eigenvalue weighted by molar-refractivity contribution is 0.455. The van der Waals surface area contributed by atoms with E-state index in [9.17, 15) is 0 Å². The van der Waals surface area contributed by atoms with Gasteiger partial charge in [0, 0.05) is 12.7 Å². The van der Waals surface area contributed by atoms with Crippen LogP contribution in [-0.4, -0.2) is 21.5 Å². The number of hydrogen-bond acceptors (Lipinski definition) is 5. The summed E-state index contributed by atoms with van der Waals surface area (Å²) in [4.78, 5) is 12.3. The van der Waals surface area contributed by atoms with Crippen molar-refractivity contribution in [3.8, 4) is 11.6 Å². The third kappa shape index (κ3) is 2.69. The zero-order valence-electron chi connectivity index (χ0n) is 9.84. The van der Waals surface area contributed by atoms with E-state index in [0.29, 0.717) is 11.6 Å². The van der Waals surface area contributed by atoms with Crippen LogP contribution in [0.1, 0.15) is 12.5 Å². The first-order chi connectivity index (χ1) is 8.31. The number of anilines is 1. The summed E-state index contributed by atoms with van der Waals surface area (Å²) >= 11 is 0. The number of nitrogens with one attached hydrogen (secondary N) is 1. The van der Waals surface area contributed by atoms with Gasteiger partial charge in [0.1, 0.15) is 17.9 Å². The highest BCUT2D eigenvalue weighted by molar-refractivity contribution is 5.48. The molecule has 0 radical (unpaired) electrons. The predicted molar refractivity (Wildman–Crippen MR) is 65.2 cm³/mol.